The third-order valence-electron chi connectivity index (χ3n) is 3.99. The maximum atomic E-state index is 12.4. The minimum Gasteiger partial charge on any atom is -0.327 e. The average Bonchev–Trinajstić information content (AvgIpc) is 2.75. The van der Waals surface area contributed by atoms with Gasteiger partial charge in [-0.05, 0) is 24.7 Å². The smallest absolute Gasteiger partial charge is 0.281 e. The van der Waals surface area contributed by atoms with Crippen molar-refractivity contribution in [1.29, 1.82) is 0 Å². The Morgan fingerprint density at radius 2 is 1.71 bits per heavy atom. The summed E-state index contributed by atoms with van der Waals surface area (Å²) in [5, 5.41) is 0. The van der Waals surface area contributed by atoms with Gasteiger partial charge in [-0.2, -0.15) is 17.0 Å². The van der Waals surface area contributed by atoms with Gasteiger partial charge in [0.1, 0.15) is 0 Å². The van der Waals surface area contributed by atoms with Gasteiger partial charge in [0.15, 0.2) is 0 Å². The van der Waals surface area contributed by atoms with Crippen LogP contribution in [0.15, 0.2) is 0 Å². The SMILES string of the molecule is CC1(C)CN(S(=O)(=O)N2CCCC2)CCC1N. The summed E-state index contributed by atoms with van der Waals surface area (Å²) in [5.74, 6) is 0. The third kappa shape index (κ3) is 2.50. The Labute approximate surface area is 104 Å². The van der Waals surface area contributed by atoms with Crippen LogP contribution in [0.4, 0.5) is 0 Å². The molecule has 0 radical (unpaired) electrons. The second-order valence-electron chi connectivity index (χ2n) is 5.83. The lowest BCUT2D eigenvalue weighted by Crippen LogP contribution is -2.56. The summed E-state index contributed by atoms with van der Waals surface area (Å²) < 4.78 is 28.0. The standard InChI is InChI=1S/C11H23N3O2S/c1-11(2)9-14(8-5-10(11)12)17(15,16)13-6-3-4-7-13/h10H,3-9,12H2,1-2H3. The average molecular weight is 261 g/mol. The van der Waals surface area contributed by atoms with Crippen LogP contribution in [0.1, 0.15) is 33.1 Å². The molecule has 1 unspecified atom stereocenters. The first-order valence-electron chi connectivity index (χ1n) is 6.35. The number of nitrogens with zero attached hydrogens (tertiary/aromatic N) is 2. The van der Waals surface area contributed by atoms with Crippen LogP contribution in [0.2, 0.25) is 0 Å². The van der Waals surface area contributed by atoms with Crippen LogP contribution in [-0.2, 0) is 10.2 Å². The molecule has 0 aliphatic carbocycles. The molecule has 6 heteroatoms. The maximum absolute atomic E-state index is 12.4. The van der Waals surface area contributed by atoms with E-state index in [1.54, 1.807) is 8.61 Å². The Morgan fingerprint density at radius 3 is 2.24 bits per heavy atom. The fourth-order valence-corrected chi connectivity index (χ4v) is 4.48. The molecule has 0 saturated carbocycles. The summed E-state index contributed by atoms with van der Waals surface area (Å²) in [7, 11) is -3.25. The first-order chi connectivity index (χ1) is 7.84. The van der Waals surface area contributed by atoms with Gasteiger partial charge >= 0.3 is 0 Å². The minimum absolute atomic E-state index is 0.0903. The van der Waals surface area contributed by atoms with Crippen molar-refractivity contribution in [2.75, 3.05) is 26.2 Å². The number of hydrogen-bond acceptors (Lipinski definition) is 3. The van der Waals surface area contributed by atoms with E-state index < -0.39 is 10.2 Å². The first kappa shape index (κ1) is 13.3. The second-order valence-corrected chi connectivity index (χ2v) is 7.76. The van der Waals surface area contributed by atoms with E-state index in [-0.39, 0.29) is 11.5 Å². The summed E-state index contributed by atoms with van der Waals surface area (Å²) in [4.78, 5) is 0. The van der Waals surface area contributed by atoms with Crippen LogP contribution in [0.3, 0.4) is 0 Å². The molecule has 0 aromatic rings. The van der Waals surface area contributed by atoms with Gasteiger partial charge in [0.05, 0.1) is 0 Å². The predicted molar refractivity (Wildman–Crippen MR) is 67.7 cm³/mol. The fraction of sp³-hybridized carbons (Fsp3) is 1.00. The van der Waals surface area contributed by atoms with Crippen molar-refractivity contribution in [3.05, 3.63) is 0 Å². The third-order valence-corrected chi connectivity index (χ3v) is 5.98. The van der Waals surface area contributed by atoms with E-state index in [9.17, 15) is 8.42 Å². The summed E-state index contributed by atoms with van der Waals surface area (Å²) in [6.45, 7) is 6.53. The van der Waals surface area contributed by atoms with Gasteiger partial charge in [0, 0.05) is 32.2 Å². The van der Waals surface area contributed by atoms with E-state index >= 15 is 0 Å². The largest absolute Gasteiger partial charge is 0.327 e. The maximum Gasteiger partial charge on any atom is 0.281 e. The summed E-state index contributed by atoms with van der Waals surface area (Å²) in [6.07, 6.45) is 2.71. The van der Waals surface area contributed by atoms with E-state index in [1.165, 1.54) is 0 Å². The molecule has 0 spiro atoms. The van der Waals surface area contributed by atoms with Crippen molar-refractivity contribution >= 4 is 10.2 Å². The lowest BCUT2D eigenvalue weighted by atomic mass is 9.81. The van der Waals surface area contributed by atoms with E-state index in [0.717, 1.165) is 19.3 Å². The van der Waals surface area contributed by atoms with Crippen molar-refractivity contribution in [3.63, 3.8) is 0 Å². The van der Waals surface area contributed by atoms with Crippen LogP contribution in [0, 0.1) is 5.41 Å². The number of hydrogen-bond donors (Lipinski definition) is 1. The molecule has 0 aromatic carbocycles. The Bertz CT molecular complexity index is 374. The van der Waals surface area contributed by atoms with Gasteiger partial charge in [0.2, 0.25) is 0 Å². The van der Waals surface area contributed by atoms with Crippen LogP contribution < -0.4 is 5.73 Å². The molecule has 2 aliphatic heterocycles. The number of piperidine rings is 1. The molecule has 2 aliphatic rings. The second kappa shape index (κ2) is 4.50. The van der Waals surface area contributed by atoms with Gasteiger partial charge in [-0.3, -0.25) is 0 Å². The molecule has 100 valence electrons. The zero-order valence-electron chi connectivity index (χ0n) is 10.7. The zero-order valence-corrected chi connectivity index (χ0v) is 11.5. The number of rotatable bonds is 2. The molecule has 2 heterocycles. The van der Waals surface area contributed by atoms with Crippen molar-refractivity contribution in [3.8, 4) is 0 Å². The molecule has 2 N–H and O–H groups in total. The monoisotopic (exact) mass is 261 g/mol. The van der Waals surface area contributed by atoms with Crippen LogP contribution in [0.25, 0.3) is 0 Å². The quantitative estimate of drug-likeness (QED) is 0.782. The lowest BCUT2D eigenvalue weighted by molar-refractivity contribution is 0.150. The Balaban J connectivity index is 2.12. The van der Waals surface area contributed by atoms with Crippen LogP contribution >= 0.6 is 0 Å². The molecule has 1 atom stereocenters. The van der Waals surface area contributed by atoms with Gasteiger partial charge in [-0.25, -0.2) is 0 Å². The van der Waals surface area contributed by atoms with E-state index in [2.05, 4.69) is 0 Å². The zero-order chi connectivity index (χ0) is 12.7. The van der Waals surface area contributed by atoms with E-state index in [1.807, 2.05) is 13.8 Å². The van der Waals surface area contributed by atoms with Gasteiger partial charge in [0.25, 0.3) is 10.2 Å². The highest BCUT2D eigenvalue weighted by atomic mass is 32.2. The Kier molecular flexibility index (Phi) is 3.51. The van der Waals surface area contributed by atoms with Gasteiger partial charge < -0.3 is 5.73 Å². The highest BCUT2D eigenvalue weighted by molar-refractivity contribution is 7.86. The molecule has 0 amide bonds. The minimum atomic E-state index is -3.25. The first-order valence-corrected chi connectivity index (χ1v) is 7.74. The van der Waals surface area contributed by atoms with E-state index in [0.29, 0.717) is 26.2 Å². The molecule has 5 nitrogen and oxygen atoms in total. The topological polar surface area (TPSA) is 66.6 Å². The summed E-state index contributed by atoms with van der Waals surface area (Å²) >= 11 is 0. The summed E-state index contributed by atoms with van der Waals surface area (Å²) in [5.41, 5.74) is 5.90. The molecule has 0 bridgehead atoms. The Morgan fingerprint density at radius 1 is 1.12 bits per heavy atom. The van der Waals surface area contributed by atoms with Crippen molar-refractivity contribution in [2.45, 2.75) is 39.2 Å². The molecule has 17 heavy (non-hydrogen) atoms. The highest BCUT2D eigenvalue weighted by Crippen LogP contribution is 2.30. The van der Waals surface area contributed by atoms with Crippen molar-refractivity contribution in [1.82, 2.24) is 8.61 Å². The molecule has 2 fully saturated rings. The van der Waals surface area contributed by atoms with Crippen LogP contribution in [-0.4, -0.2) is 49.2 Å². The molecule has 2 rings (SSSR count). The van der Waals surface area contributed by atoms with Gasteiger partial charge in [-0.15, -0.1) is 0 Å². The van der Waals surface area contributed by atoms with Crippen molar-refractivity contribution in [2.24, 2.45) is 11.1 Å². The highest BCUT2D eigenvalue weighted by Gasteiger charge is 2.40. The van der Waals surface area contributed by atoms with E-state index in [4.69, 9.17) is 5.73 Å². The predicted octanol–water partition coefficient (Wildman–Crippen LogP) is 0.386. The normalized spacial score (nSPS) is 31.8. The summed E-state index contributed by atoms with van der Waals surface area (Å²) in [6, 6.07) is 0.0903. The number of nitrogens with two attached hydrogens (primary N) is 1. The fourth-order valence-electron chi connectivity index (χ4n) is 2.60. The van der Waals surface area contributed by atoms with Gasteiger partial charge in [-0.1, -0.05) is 13.8 Å². The molecule has 2 saturated heterocycles. The molecular formula is C11H23N3O2S. The Hall–Kier alpha value is -0.170. The molecule has 0 aromatic heterocycles. The molecular weight excluding hydrogens is 238 g/mol. The van der Waals surface area contributed by atoms with Crippen LogP contribution in [0.5, 0.6) is 0 Å². The van der Waals surface area contributed by atoms with Crippen molar-refractivity contribution < 1.29 is 8.42 Å². The lowest BCUT2D eigenvalue weighted by Gasteiger charge is -2.42.